The normalized spacial score (nSPS) is 10.7. The van der Waals surface area contributed by atoms with Crippen molar-refractivity contribution in [2.75, 3.05) is 5.32 Å². The predicted octanol–water partition coefficient (Wildman–Crippen LogP) is 2.17. The SMILES string of the molecule is Cc1cn(C)nc1C(=O)Nc1nnc(-c2ccc(F)cc2)o1. The average molecular weight is 301 g/mol. The smallest absolute Gasteiger partial charge is 0.322 e. The molecule has 7 nitrogen and oxygen atoms in total. The molecule has 0 saturated heterocycles. The zero-order valence-corrected chi connectivity index (χ0v) is 11.9. The number of nitrogens with zero attached hydrogens (tertiary/aromatic N) is 4. The van der Waals surface area contributed by atoms with Crippen molar-refractivity contribution in [3.63, 3.8) is 0 Å². The van der Waals surface area contributed by atoms with Crippen molar-refractivity contribution < 1.29 is 13.6 Å². The second kappa shape index (κ2) is 5.40. The van der Waals surface area contributed by atoms with E-state index in [0.29, 0.717) is 5.56 Å². The van der Waals surface area contributed by atoms with Gasteiger partial charge in [0, 0.05) is 24.4 Å². The van der Waals surface area contributed by atoms with Gasteiger partial charge in [-0.05, 0) is 31.2 Å². The average Bonchev–Trinajstić information content (AvgIpc) is 3.06. The molecule has 22 heavy (non-hydrogen) atoms. The summed E-state index contributed by atoms with van der Waals surface area (Å²) in [5, 5.41) is 14.1. The maximum Gasteiger partial charge on any atom is 0.322 e. The van der Waals surface area contributed by atoms with Gasteiger partial charge in [0.25, 0.3) is 5.91 Å². The van der Waals surface area contributed by atoms with E-state index >= 15 is 0 Å². The molecule has 0 atom stereocenters. The summed E-state index contributed by atoms with van der Waals surface area (Å²) in [5.41, 5.74) is 1.57. The van der Waals surface area contributed by atoms with Gasteiger partial charge in [-0.15, -0.1) is 5.10 Å². The molecule has 0 aliphatic carbocycles. The number of carbonyl (C=O) groups excluding carboxylic acids is 1. The molecule has 0 spiro atoms. The van der Waals surface area contributed by atoms with Gasteiger partial charge in [0.2, 0.25) is 5.89 Å². The molecule has 3 rings (SSSR count). The van der Waals surface area contributed by atoms with Crippen molar-refractivity contribution in [1.82, 2.24) is 20.0 Å². The zero-order chi connectivity index (χ0) is 15.7. The first-order valence-corrected chi connectivity index (χ1v) is 6.44. The fourth-order valence-electron chi connectivity index (χ4n) is 1.97. The molecule has 112 valence electrons. The van der Waals surface area contributed by atoms with Gasteiger partial charge in [-0.25, -0.2) is 4.39 Å². The summed E-state index contributed by atoms with van der Waals surface area (Å²) in [6, 6.07) is 5.55. The van der Waals surface area contributed by atoms with Gasteiger partial charge < -0.3 is 4.42 Å². The second-order valence-electron chi connectivity index (χ2n) is 4.71. The van der Waals surface area contributed by atoms with Gasteiger partial charge >= 0.3 is 6.01 Å². The Labute approximate surface area is 124 Å². The number of aromatic nitrogens is 4. The molecule has 0 unspecified atom stereocenters. The Morgan fingerprint density at radius 2 is 2.00 bits per heavy atom. The Balaban J connectivity index is 1.78. The van der Waals surface area contributed by atoms with E-state index in [9.17, 15) is 9.18 Å². The Bertz CT molecular complexity index is 822. The number of rotatable bonds is 3. The number of benzene rings is 1. The van der Waals surface area contributed by atoms with E-state index < -0.39 is 5.91 Å². The fourth-order valence-corrected chi connectivity index (χ4v) is 1.97. The van der Waals surface area contributed by atoms with Gasteiger partial charge in [0.15, 0.2) is 5.69 Å². The zero-order valence-electron chi connectivity index (χ0n) is 11.9. The highest BCUT2D eigenvalue weighted by Gasteiger charge is 2.17. The van der Waals surface area contributed by atoms with Crippen LogP contribution in [-0.2, 0) is 7.05 Å². The molecule has 1 aromatic carbocycles. The lowest BCUT2D eigenvalue weighted by molar-refractivity contribution is 0.101. The summed E-state index contributed by atoms with van der Waals surface area (Å²) >= 11 is 0. The van der Waals surface area contributed by atoms with Crippen LogP contribution in [0.2, 0.25) is 0 Å². The molecular formula is C14H12FN5O2. The number of halogens is 1. The minimum absolute atomic E-state index is 0.0469. The number of nitrogens with one attached hydrogen (secondary N) is 1. The molecular weight excluding hydrogens is 289 g/mol. The van der Waals surface area contributed by atoms with E-state index in [1.165, 1.54) is 24.3 Å². The van der Waals surface area contributed by atoms with Gasteiger partial charge in [0.05, 0.1) is 0 Å². The molecule has 1 N–H and O–H groups in total. The molecule has 1 amide bonds. The van der Waals surface area contributed by atoms with Crippen LogP contribution in [0.5, 0.6) is 0 Å². The van der Waals surface area contributed by atoms with Crippen molar-refractivity contribution in [2.24, 2.45) is 7.05 Å². The molecule has 3 aromatic rings. The first kappa shape index (κ1) is 13.9. The third kappa shape index (κ3) is 2.71. The lowest BCUT2D eigenvalue weighted by atomic mass is 10.2. The van der Waals surface area contributed by atoms with Crippen molar-refractivity contribution >= 4 is 11.9 Å². The Morgan fingerprint density at radius 3 is 2.64 bits per heavy atom. The molecule has 0 aliphatic heterocycles. The first-order valence-electron chi connectivity index (χ1n) is 6.44. The summed E-state index contributed by atoms with van der Waals surface area (Å²) in [6.45, 7) is 1.78. The van der Waals surface area contributed by atoms with Crippen LogP contribution in [0.3, 0.4) is 0 Å². The Morgan fingerprint density at radius 1 is 1.27 bits per heavy atom. The molecule has 8 heteroatoms. The van der Waals surface area contributed by atoms with E-state index in [-0.39, 0.29) is 23.4 Å². The summed E-state index contributed by atoms with van der Waals surface area (Å²) in [6.07, 6.45) is 1.73. The third-order valence-corrected chi connectivity index (χ3v) is 2.96. The van der Waals surface area contributed by atoms with Crippen LogP contribution >= 0.6 is 0 Å². The standard InChI is InChI=1S/C14H12FN5O2/c1-8-7-20(2)19-11(8)12(21)16-14-18-17-13(22-14)9-3-5-10(15)6-4-9/h3-7H,1-2H3,(H,16,18,21). The highest BCUT2D eigenvalue weighted by molar-refractivity contribution is 6.02. The fraction of sp³-hybridized carbons (Fsp3) is 0.143. The van der Waals surface area contributed by atoms with E-state index in [1.807, 2.05) is 0 Å². The Kier molecular flexibility index (Phi) is 3.42. The number of hydrogen-bond acceptors (Lipinski definition) is 5. The van der Waals surface area contributed by atoms with E-state index in [1.54, 1.807) is 24.9 Å². The molecule has 0 saturated carbocycles. The molecule has 0 fully saturated rings. The maximum absolute atomic E-state index is 12.9. The van der Waals surface area contributed by atoms with Crippen molar-refractivity contribution in [3.05, 3.63) is 47.5 Å². The Hall–Kier alpha value is -3.03. The van der Waals surface area contributed by atoms with Crippen LogP contribution in [0, 0.1) is 12.7 Å². The largest absolute Gasteiger partial charge is 0.403 e. The van der Waals surface area contributed by atoms with Gasteiger partial charge in [-0.1, -0.05) is 5.10 Å². The molecule has 2 heterocycles. The quantitative estimate of drug-likeness (QED) is 0.801. The van der Waals surface area contributed by atoms with Crippen molar-refractivity contribution in [3.8, 4) is 11.5 Å². The van der Waals surface area contributed by atoms with E-state index in [0.717, 1.165) is 5.56 Å². The van der Waals surface area contributed by atoms with Crippen LogP contribution in [0.1, 0.15) is 16.1 Å². The number of amides is 1. The van der Waals surface area contributed by atoms with Gasteiger partial charge in [0.1, 0.15) is 5.82 Å². The number of hydrogen-bond donors (Lipinski definition) is 1. The summed E-state index contributed by atoms with van der Waals surface area (Å²) in [7, 11) is 1.73. The monoisotopic (exact) mass is 301 g/mol. The number of anilines is 1. The molecule has 0 aliphatic rings. The third-order valence-electron chi connectivity index (χ3n) is 2.96. The lowest BCUT2D eigenvalue weighted by Crippen LogP contribution is -2.14. The highest BCUT2D eigenvalue weighted by Crippen LogP contribution is 2.20. The number of carbonyl (C=O) groups is 1. The summed E-state index contributed by atoms with van der Waals surface area (Å²) in [5.74, 6) is -0.608. The minimum atomic E-state index is -0.438. The van der Waals surface area contributed by atoms with Crippen LogP contribution in [0.25, 0.3) is 11.5 Å². The summed E-state index contributed by atoms with van der Waals surface area (Å²) < 4.78 is 19.8. The topological polar surface area (TPSA) is 85.8 Å². The summed E-state index contributed by atoms with van der Waals surface area (Å²) in [4.78, 5) is 12.1. The van der Waals surface area contributed by atoms with Crippen LogP contribution < -0.4 is 5.32 Å². The molecule has 0 radical (unpaired) electrons. The molecule has 2 aromatic heterocycles. The van der Waals surface area contributed by atoms with E-state index in [4.69, 9.17) is 4.42 Å². The first-order chi connectivity index (χ1) is 10.5. The van der Waals surface area contributed by atoms with Crippen molar-refractivity contribution in [2.45, 2.75) is 6.92 Å². The maximum atomic E-state index is 12.9. The van der Waals surface area contributed by atoms with Crippen LogP contribution in [0.4, 0.5) is 10.4 Å². The van der Waals surface area contributed by atoms with Crippen LogP contribution in [0.15, 0.2) is 34.9 Å². The van der Waals surface area contributed by atoms with Gasteiger partial charge in [-0.3, -0.25) is 14.8 Å². The predicted molar refractivity (Wildman–Crippen MR) is 75.6 cm³/mol. The second-order valence-corrected chi connectivity index (χ2v) is 4.71. The van der Waals surface area contributed by atoms with Gasteiger partial charge in [-0.2, -0.15) is 5.10 Å². The van der Waals surface area contributed by atoms with Crippen molar-refractivity contribution in [1.29, 1.82) is 0 Å². The van der Waals surface area contributed by atoms with E-state index in [2.05, 4.69) is 20.6 Å². The van der Waals surface area contributed by atoms with Crippen LogP contribution in [-0.4, -0.2) is 25.9 Å². The minimum Gasteiger partial charge on any atom is -0.403 e. The number of aryl methyl sites for hydroxylation is 2. The highest BCUT2D eigenvalue weighted by atomic mass is 19.1. The lowest BCUT2D eigenvalue weighted by Gasteiger charge is -1.97. The molecule has 0 bridgehead atoms.